The third kappa shape index (κ3) is 1.04. The van der Waals surface area contributed by atoms with E-state index in [1.165, 1.54) is 11.8 Å². The second-order valence-electron chi connectivity index (χ2n) is 3.35. The monoisotopic (exact) mass is 295 g/mol. The average Bonchev–Trinajstić information content (AvgIpc) is 2.65. The Morgan fingerprint density at radius 2 is 2.43 bits per heavy atom. The lowest BCUT2D eigenvalue weighted by molar-refractivity contribution is 0.537. The summed E-state index contributed by atoms with van der Waals surface area (Å²) < 4.78 is 24.5. The highest BCUT2D eigenvalue weighted by atomic mass is 79.9. The van der Waals surface area contributed by atoms with Crippen LogP contribution in [0.2, 0.25) is 0 Å². The van der Waals surface area contributed by atoms with Crippen LogP contribution in [0, 0.1) is 0 Å². The van der Waals surface area contributed by atoms with Crippen molar-refractivity contribution in [3.8, 4) is 0 Å². The van der Waals surface area contributed by atoms with Crippen molar-refractivity contribution in [2.75, 3.05) is 5.75 Å². The van der Waals surface area contributed by atoms with Gasteiger partial charge in [-0.2, -0.15) is 0 Å². The normalized spacial score (nSPS) is 38.2. The molecule has 3 atom stereocenters. The van der Waals surface area contributed by atoms with Crippen molar-refractivity contribution in [2.45, 2.75) is 20.6 Å². The van der Waals surface area contributed by atoms with E-state index in [0.717, 1.165) is 5.16 Å². The largest absolute Gasteiger partial charge is 0.302 e. The highest BCUT2D eigenvalue weighted by Gasteiger charge is 2.51. The number of fused-ring (bicyclic) bond motifs is 3. The molecule has 0 radical (unpaired) electrons. The summed E-state index contributed by atoms with van der Waals surface area (Å²) in [4.78, 5) is 0. The summed E-state index contributed by atoms with van der Waals surface area (Å²) in [5.41, 5.74) is 0. The molecular formula is C6H6BrN3O2S2. The van der Waals surface area contributed by atoms with Gasteiger partial charge in [-0.25, -0.2) is 8.42 Å². The fourth-order valence-electron chi connectivity index (χ4n) is 1.87. The molecule has 0 spiro atoms. The van der Waals surface area contributed by atoms with Crippen molar-refractivity contribution in [2.24, 2.45) is 0 Å². The Kier molecular flexibility index (Phi) is 1.79. The van der Waals surface area contributed by atoms with Crippen LogP contribution in [-0.4, -0.2) is 38.3 Å². The summed E-state index contributed by atoms with van der Waals surface area (Å²) in [6, 6.07) is -0.0463. The second kappa shape index (κ2) is 2.73. The minimum atomic E-state index is -2.99. The van der Waals surface area contributed by atoms with Crippen LogP contribution in [0.3, 0.4) is 0 Å². The number of sulfone groups is 1. The SMILES string of the molecule is O=S1(=O)C[C@@H]2Sc3nncn3[C@H]2[C@H]1Br. The molecule has 0 saturated carbocycles. The van der Waals surface area contributed by atoms with E-state index in [1.54, 1.807) is 6.33 Å². The number of aromatic nitrogens is 3. The molecule has 0 amide bonds. The maximum atomic E-state index is 11.6. The first kappa shape index (κ1) is 9.17. The molecule has 1 fully saturated rings. The minimum Gasteiger partial charge on any atom is -0.302 e. The van der Waals surface area contributed by atoms with Crippen molar-refractivity contribution in [3.63, 3.8) is 0 Å². The highest BCUT2D eigenvalue weighted by Crippen LogP contribution is 2.49. The number of hydrogen-bond donors (Lipinski definition) is 0. The van der Waals surface area contributed by atoms with Gasteiger partial charge in [0.2, 0.25) is 0 Å². The van der Waals surface area contributed by atoms with Gasteiger partial charge in [0.15, 0.2) is 15.0 Å². The van der Waals surface area contributed by atoms with Gasteiger partial charge < -0.3 is 4.57 Å². The predicted octanol–water partition coefficient (Wildman–Crippen LogP) is 0.443. The number of hydrogen-bond acceptors (Lipinski definition) is 5. The molecular weight excluding hydrogens is 290 g/mol. The summed E-state index contributed by atoms with van der Waals surface area (Å²) in [7, 11) is -2.99. The van der Waals surface area contributed by atoms with E-state index in [9.17, 15) is 8.42 Å². The van der Waals surface area contributed by atoms with E-state index in [0.29, 0.717) is 0 Å². The van der Waals surface area contributed by atoms with Gasteiger partial charge in [0.1, 0.15) is 10.5 Å². The standard InChI is InChI=1S/C6H6BrN3O2S2/c7-5-4-3(1-14(5,11)12)13-6-9-8-2-10(4)6/h2-5H,1H2/t3-,4+,5-/m0/s1. The van der Waals surface area contributed by atoms with Gasteiger partial charge in [0.05, 0.1) is 11.8 Å². The molecule has 8 heteroatoms. The van der Waals surface area contributed by atoms with Gasteiger partial charge in [0.25, 0.3) is 0 Å². The van der Waals surface area contributed by atoms with Crippen LogP contribution < -0.4 is 0 Å². The Morgan fingerprint density at radius 1 is 1.64 bits per heavy atom. The lowest BCUT2D eigenvalue weighted by Gasteiger charge is -2.11. The first-order valence-electron chi connectivity index (χ1n) is 4.01. The van der Waals surface area contributed by atoms with Gasteiger partial charge in [-0.15, -0.1) is 10.2 Å². The van der Waals surface area contributed by atoms with E-state index < -0.39 is 14.0 Å². The lowest BCUT2D eigenvalue weighted by Crippen LogP contribution is -2.18. The van der Waals surface area contributed by atoms with Gasteiger partial charge in [0, 0.05) is 5.25 Å². The van der Waals surface area contributed by atoms with E-state index in [4.69, 9.17) is 0 Å². The average molecular weight is 296 g/mol. The van der Waals surface area contributed by atoms with Crippen LogP contribution >= 0.6 is 27.7 Å². The Morgan fingerprint density at radius 3 is 3.21 bits per heavy atom. The molecule has 0 unspecified atom stereocenters. The van der Waals surface area contributed by atoms with Crippen molar-refractivity contribution in [1.82, 2.24) is 14.8 Å². The molecule has 2 aliphatic heterocycles. The van der Waals surface area contributed by atoms with Crippen LogP contribution in [0.4, 0.5) is 0 Å². The first-order valence-corrected chi connectivity index (χ1v) is 7.52. The molecule has 3 rings (SSSR count). The van der Waals surface area contributed by atoms with Crippen LogP contribution in [0.15, 0.2) is 11.5 Å². The van der Waals surface area contributed by atoms with E-state index >= 15 is 0 Å². The molecule has 0 aliphatic carbocycles. The number of halogens is 1. The number of alkyl halides is 1. The predicted molar refractivity (Wildman–Crippen MR) is 55.2 cm³/mol. The molecule has 3 heterocycles. The molecule has 5 nitrogen and oxygen atoms in total. The van der Waals surface area contributed by atoms with Gasteiger partial charge in [-0.05, 0) is 0 Å². The Hall–Kier alpha value is -0.0800. The van der Waals surface area contributed by atoms with Crippen LogP contribution in [0.25, 0.3) is 0 Å². The zero-order chi connectivity index (χ0) is 9.92. The molecule has 76 valence electrons. The molecule has 14 heavy (non-hydrogen) atoms. The second-order valence-corrected chi connectivity index (χ2v) is 8.31. The van der Waals surface area contributed by atoms with E-state index in [-0.39, 0.29) is 17.0 Å². The molecule has 2 aliphatic rings. The Bertz CT molecular complexity index is 485. The lowest BCUT2D eigenvalue weighted by atomic mass is 10.2. The zero-order valence-corrected chi connectivity index (χ0v) is 10.1. The fraction of sp³-hybridized carbons (Fsp3) is 0.667. The van der Waals surface area contributed by atoms with Crippen molar-refractivity contribution in [1.29, 1.82) is 0 Å². The molecule has 0 N–H and O–H groups in total. The summed E-state index contributed by atoms with van der Waals surface area (Å²) in [6.45, 7) is 0. The molecule has 1 aromatic heterocycles. The smallest absolute Gasteiger partial charge is 0.191 e. The van der Waals surface area contributed by atoms with E-state index in [2.05, 4.69) is 26.1 Å². The maximum absolute atomic E-state index is 11.6. The topological polar surface area (TPSA) is 64.8 Å². The number of thioether (sulfide) groups is 1. The molecule has 1 aromatic rings. The third-order valence-corrected chi connectivity index (χ3v) is 8.01. The number of rotatable bonds is 0. The van der Waals surface area contributed by atoms with E-state index in [1.807, 2.05) is 4.57 Å². The molecule has 0 aromatic carbocycles. The third-order valence-electron chi connectivity index (χ3n) is 2.51. The summed E-state index contributed by atoms with van der Waals surface area (Å²) in [6.07, 6.45) is 1.60. The Labute approximate surface area is 93.3 Å². The fourth-order valence-corrected chi connectivity index (χ4v) is 6.76. The first-order chi connectivity index (χ1) is 6.59. The Balaban J connectivity index is 2.12. The summed E-state index contributed by atoms with van der Waals surface area (Å²) in [5.74, 6) is 0.224. The van der Waals surface area contributed by atoms with Crippen molar-refractivity contribution >= 4 is 37.5 Å². The summed E-state index contributed by atoms with van der Waals surface area (Å²) in [5, 5.41) is 8.60. The quantitative estimate of drug-likeness (QED) is 0.650. The highest BCUT2D eigenvalue weighted by molar-refractivity contribution is 9.11. The zero-order valence-electron chi connectivity index (χ0n) is 6.87. The van der Waals surface area contributed by atoms with Gasteiger partial charge in [-0.1, -0.05) is 27.7 Å². The van der Waals surface area contributed by atoms with Crippen LogP contribution in [0.5, 0.6) is 0 Å². The van der Waals surface area contributed by atoms with Crippen molar-refractivity contribution in [3.05, 3.63) is 6.33 Å². The number of nitrogens with zero attached hydrogens (tertiary/aromatic N) is 3. The van der Waals surface area contributed by atoms with Crippen LogP contribution in [0.1, 0.15) is 6.04 Å². The maximum Gasteiger partial charge on any atom is 0.191 e. The van der Waals surface area contributed by atoms with Crippen LogP contribution in [-0.2, 0) is 9.84 Å². The van der Waals surface area contributed by atoms with Gasteiger partial charge >= 0.3 is 0 Å². The minimum absolute atomic E-state index is 0.0463. The summed E-state index contributed by atoms with van der Waals surface area (Å²) >= 11 is 4.74. The van der Waals surface area contributed by atoms with Gasteiger partial charge in [-0.3, -0.25) is 0 Å². The molecule has 0 bridgehead atoms. The van der Waals surface area contributed by atoms with Crippen molar-refractivity contribution < 1.29 is 8.42 Å². The molecule has 1 saturated heterocycles.